The van der Waals surface area contributed by atoms with Crippen molar-refractivity contribution in [1.29, 1.82) is 0 Å². The lowest BCUT2D eigenvalue weighted by Gasteiger charge is -2.22. The third kappa shape index (κ3) is 7.90. The molecule has 0 saturated heterocycles. The number of nitrogens with one attached hydrogen (secondary N) is 2. The van der Waals surface area contributed by atoms with E-state index in [9.17, 15) is 13.2 Å². The molecule has 4 N–H and O–H groups in total. The van der Waals surface area contributed by atoms with E-state index in [2.05, 4.69) is 25.4 Å². The highest BCUT2D eigenvalue weighted by molar-refractivity contribution is 7.92. The summed E-state index contributed by atoms with van der Waals surface area (Å²) >= 11 is 0. The van der Waals surface area contributed by atoms with Gasteiger partial charge in [0.2, 0.25) is 15.9 Å². The normalized spacial score (nSPS) is 12.8. The van der Waals surface area contributed by atoms with Crippen molar-refractivity contribution >= 4 is 21.6 Å². The van der Waals surface area contributed by atoms with Gasteiger partial charge in [-0.25, -0.2) is 8.42 Å². The summed E-state index contributed by atoms with van der Waals surface area (Å²) in [6.07, 6.45) is 1.09. The maximum absolute atomic E-state index is 12.5. The zero-order chi connectivity index (χ0) is 24.8. The Morgan fingerprint density at radius 1 is 1.15 bits per heavy atom. The van der Waals surface area contributed by atoms with Crippen LogP contribution in [-0.2, 0) is 32.7 Å². The minimum absolute atomic E-state index is 0.121. The number of hydrogen-bond donors (Lipinski definition) is 3. The zero-order valence-electron chi connectivity index (χ0n) is 19.3. The van der Waals surface area contributed by atoms with Crippen LogP contribution in [0.15, 0.2) is 54.6 Å². The molecule has 1 atom stereocenters. The van der Waals surface area contributed by atoms with Crippen LogP contribution in [-0.4, -0.2) is 52.9 Å². The summed E-state index contributed by atoms with van der Waals surface area (Å²) in [4.78, 5) is 13.9. The van der Waals surface area contributed by atoms with E-state index in [1.165, 1.54) is 4.80 Å². The molecule has 182 valence electrons. The first kappa shape index (κ1) is 25.3. The second-order valence-corrected chi connectivity index (χ2v) is 10.2. The molecule has 0 aliphatic carbocycles. The number of ether oxygens (including phenoxy) is 1. The molecule has 1 aromatic heterocycles. The molecule has 0 unspecified atom stereocenters. The molecule has 0 aliphatic heterocycles. The van der Waals surface area contributed by atoms with Crippen molar-refractivity contribution in [1.82, 2.24) is 25.5 Å². The quantitative estimate of drug-likeness (QED) is 0.365. The van der Waals surface area contributed by atoms with Gasteiger partial charge in [-0.3, -0.25) is 9.52 Å². The molecule has 3 aromatic rings. The van der Waals surface area contributed by atoms with Gasteiger partial charge in [0.25, 0.3) is 0 Å². The topological polar surface area (TPSA) is 154 Å². The Morgan fingerprint density at radius 3 is 2.53 bits per heavy atom. The lowest BCUT2D eigenvalue weighted by Crippen LogP contribution is -2.50. The molecule has 0 saturated carbocycles. The molecule has 34 heavy (non-hydrogen) atoms. The molecular weight excluding hydrogens is 458 g/mol. The van der Waals surface area contributed by atoms with Gasteiger partial charge in [0.15, 0.2) is 5.82 Å². The molecule has 0 fully saturated rings. The summed E-state index contributed by atoms with van der Waals surface area (Å²) in [5, 5.41) is 15.4. The number of aromatic nitrogens is 4. The smallest absolute Gasteiger partial charge is 0.240 e. The van der Waals surface area contributed by atoms with Gasteiger partial charge in [0, 0.05) is 5.69 Å². The molecule has 1 amide bonds. The van der Waals surface area contributed by atoms with Gasteiger partial charge in [-0.1, -0.05) is 42.5 Å². The molecule has 2 aromatic carbocycles. The zero-order valence-corrected chi connectivity index (χ0v) is 20.1. The van der Waals surface area contributed by atoms with Crippen LogP contribution in [0.5, 0.6) is 0 Å². The predicted molar refractivity (Wildman–Crippen MR) is 127 cm³/mol. The van der Waals surface area contributed by atoms with Gasteiger partial charge in [0.1, 0.15) is 6.04 Å². The second kappa shape index (κ2) is 10.7. The van der Waals surface area contributed by atoms with Gasteiger partial charge in [0.05, 0.1) is 31.6 Å². The number of carbonyl (C=O) groups excluding carboxylic acids is 1. The summed E-state index contributed by atoms with van der Waals surface area (Å²) in [5.74, 6) is -0.104. The van der Waals surface area contributed by atoms with Crippen LogP contribution in [0.25, 0.3) is 0 Å². The van der Waals surface area contributed by atoms with Crippen molar-refractivity contribution in [3.63, 3.8) is 0 Å². The minimum atomic E-state index is -3.39. The fraction of sp³-hybridized carbons (Fsp3) is 0.364. The first-order valence-electron chi connectivity index (χ1n) is 10.6. The molecule has 0 aliphatic rings. The van der Waals surface area contributed by atoms with Crippen LogP contribution in [0.1, 0.15) is 36.8 Å². The van der Waals surface area contributed by atoms with Crippen LogP contribution >= 0.6 is 0 Å². The molecule has 12 heteroatoms. The standard InChI is InChI=1S/C22H29N7O4S/c1-22(2,23)21(30)24-19(15-33-14-16-8-5-4-6-9-16)20-25-28-29(26-20)13-17-10-7-11-18(12-17)27-34(3,31)32/h4-12,19,27H,13-15,23H2,1-3H3,(H,24,30)/t19-/m1/s1. The SMILES string of the molecule is CC(C)(N)C(=O)N[C@H](COCc1ccccc1)c1nnn(Cc2cccc(NS(C)(=O)=O)c2)n1. The Bertz CT molecular complexity index is 1210. The molecule has 0 bridgehead atoms. The van der Waals surface area contributed by atoms with Crippen LogP contribution in [0.4, 0.5) is 5.69 Å². The number of benzene rings is 2. The van der Waals surface area contributed by atoms with E-state index < -0.39 is 21.6 Å². The molecule has 1 heterocycles. The van der Waals surface area contributed by atoms with Crippen molar-refractivity contribution in [2.75, 3.05) is 17.6 Å². The van der Waals surface area contributed by atoms with Gasteiger partial charge >= 0.3 is 0 Å². The summed E-state index contributed by atoms with van der Waals surface area (Å²) in [6.45, 7) is 3.93. The van der Waals surface area contributed by atoms with Crippen molar-refractivity contribution in [3.8, 4) is 0 Å². The lowest BCUT2D eigenvalue weighted by molar-refractivity contribution is -0.126. The average Bonchev–Trinajstić information content (AvgIpc) is 3.20. The third-order valence-electron chi connectivity index (χ3n) is 4.62. The summed E-state index contributed by atoms with van der Waals surface area (Å²) in [5.41, 5.74) is 7.02. The van der Waals surface area contributed by atoms with Crippen LogP contribution < -0.4 is 15.8 Å². The van der Waals surface area contributed by atoms with E-state index in [1.54, 1.807) is 32.0 Å². The van der Waals surface area contributed by atoms with Gasteiger partial charge in [-0.15, -0.1) is 10.2 Å². The number of hydrogen-bond acceptors (Lipinski definition) is 8. The highest BCUT2D eigenvalue weighted by Crippen LogP contribution is 2.14. The molecular formula is C22H29N7O4S. The number of nitrogens with two attached hydrogens (primary N) is 1. The van der Waals surface area contributed by atoms with Gasteiger partial charge < -0.3 is 15.8 Å². The lowest BCUT2D eigenvalue weighted by atomic mass is 10.1. The number of rotatable bonds is 11. The molecule has 3 rings (SSSR count). The highest BCUT2D eigenvalue weighted by Gasteiger charge is 2.27. The summed E-state index contributed by atoms with van der Waals surface area (Å²) in [6, 6.07) is 15.9. The van der Waals surface area contributed by atoms with Crippen molar-refractivity contribution in [2.24, 2.45) is 5.73 Å². The van der Waals surface area contributed by atoms with E-state index in [0.717, 1.165) is 17.4 Å². The number of nitrogens with zero attached hydrogens (tertiary/aromatic N) is 4. The van der Waals surface area contributed by atoms with E-state index in [4.69, 9.17) is 10.5 Å². The Balaban J connectivity index is 1.72. The maximum Gasteiger partial charge on any atom is 0.240 e. The number of anilines is 1. The Kier molecular flexibility index (Phi) is 7.97. The maximum atomic E-state index is 12.5. The third-order valence-corrected chi connectivity index (χ3v) is 5.23. The summed E-state index contributed by atoms with van der Waals surface area (Å²) in [7, 11) is -3.39. The van der Waals surface area contributed by atoms with Crippen molar-refractivity contribution < 1.29 is 17.9 Å². The van der Waals surface area contributed by atoms with E-state index in [1.807, 2.05) is 36.4 Å². The number of carbonyl (C=O) groups is 1. The van der Waals surface area contributed by atoms with Gasteiger partial charge in [-0.05, 0) is 42.3 Å². The number of tetrazole rings is 1. The summed E-state index contributed by atoms with van der Waals surface area (Å²) < 4.78 is 31.2. The molecule has 0 radical (unpaired) electrons. The first-order valence-corrected chi connectivity index (χ1v) is 12.4. The average molecular weight is 488 g/mol. The first-order chi connectivity index (χ1) is 16.0. The second-order valence-electron chi connectivity index (χ2n) is 8.50. The Hall–Kier alpha value is -3.35. The van der Waals surface area contributed by atoms with Crippen LogP contribution in [0.2, 0.25) is 0 Å². The van der Waals surface area contributed by atoms with Crippen LogP contribution in [0.3, 0.4) is 0 Å². The van der Waals surface area contributed by atoms with Crippen molar-refractivity contribution in [3.05, 3.63) is 71.5 Å². The van der Waals surface area contributed by atoms with Gasteiger partial charge in [-0.2, -0.15) is 4.80 Å². The predicted octanol–water partition coefficient (Wildman–Crippen LogP) is 1.20. The van der Waals surface area contributed by atoms with E-state index in [-0.39, 0.29) is 24.9 Å². The fourth-order valence-electron chi connectivity index (χ4n) is 2.97. The van der Waals surface area contributed by atoms with Crippen LogP contribution in [0, 0.1) is 0 Å². The fourth-order valence-corrected chi connectivity index (χ4v) is 3.52. The number of sulfonamides is 1. The van der Waals surface area contributed by atoms with E-state index >= 15 is 0 Å². The Morgan fingerprint density at radius 2 is 1.85 bits per heavy atom. The Labute approximate surface area is 198 Å². The number of amides is 1. The monoisotopic (exact) mass is 487 g/mol. The highest BCUT2D eigenvalue weighted by atomic mass is 32.2. The van der Waals surface area contributed by atoms with E-state index in [0.29, 0.717) is 12.3 Å². The molecule has 0 spiro atoms. The molecule has 11 nitrogen and oxygen atoms in total. The van der Waals surface area contributed by atoms with Crippen molar-refractivity contribution in [2.45, 2.75) is 38.6 Å². The largest absolute Gasteiger partial charge is 0.374 e. The minimum Gasteiger partial charge on any atom is -0.374 e.